The monoisotopic (exact) mass is 387 g/mol. The first-order valence-electron chi connectivity index (χ1n) is 9.63. The number of H-pyrrole nitrogens is 1. The van der Waals surface area contributed by atoms with E-state index in [-0.39, 0.29) is 18.5 Å². The number of benzene rings is 2. The van der Waals surface area contributed by atoms with Gasteiger partial charge in [-0.1, -0.05) is 32.0 Å². The smallest absolute Gasteiger partial charge is 0.243 e. The molecule has 0 aliphatic carbocycles. The van der Waals surface area contributed by atoms with E-state index >= 15 is 0 Å². The Labute approximate surface area is 171 Å². The molecule has 3 rings (SSSR count). The summed E-state index contributed by atoms with van der Waals surface area (Å²) in [5.41, 5.74) is 4.15. The fraction of sp³-hybridized carbons (Fsp3) is 0.261. The summed E-state index contributed by atoms with van der Waals surface area (Å²) >= 11 is 0. The topological polar surface area (TPSA) is 84.8 Å². The Morgan fingerprint density at radius 3 is 2.59 bits per heavy atom. The van der Waals surface area contributed by atoms with Crippen molar-refractivity contribution in [3.05, 3.63) is 77.9 Å². The molecule has 0 saturated carbocycles. The van der Waals surface area contributed by atoms with Gasteiger partial charge in [-0.2, -0.15) is 5.26 Å². The maximum absolute atomic E-state index is 12.8. The molecule has 1 amide bonds. The minimum atomic E-state index is -0.149. The molecule has 2 aromatic carbocycles. The van der Waals surface area contributed by atoms with Gasteiger partial charge in [0.2, 0.25) is 5.91 Å². The molecule has 0 radical (unpaired) electrons. The number of aromatic nitrogens is 2. The van der Waals surface area contributed by atoms with Crippen LogP contribution < -0.4 is 10.2 Å². The van der Waals surface area contributed by atoms with Crippen LogP contribution in [0.4, 0.5) is 11.4 Å². The Morgan fingerprint density at radius 1 is 1.21 bits per heavy atom. The molecule has 3 aromatic rings. The van der Waals surface area contributed by atoms with Gasteiger partial charge in [0.25, 0.3) is 0 Å². The summed E-state index contributed by atoms with van der Waals surface area (Å²) in [4.78, 5) is 22.0. The van der Waals surface area contributed by atoms with Crippen molar-refractivity contribution in [3.63, 3.8) is 0 Å². The molecule has 0 bridgehead atoms. The molecule has 1 heterocycles. The summed E-state index contributed by atoms with van der Waals surface area (Å²) in [6.45, 7) is 6.39. The number of carbonyl (C=O) groups is 1. The second-order valence-corrected chi connectivity index (χ2v) is 7.28. The summed E-state index contributed by atoms with van der Waals surface area (Å²) < 4.78 is 0. The van der Waals surface area contributed by atoms with Gasteiger partial charge in [-0.05, 0) is 48.7 Å². The number of hydrogen-bond acceptors (Lipinski definition) is 4. The van der Waals surface area contributed by atoms with Gasteiger partial charge >= 0.3 is 0 Å². The third kappa shape index (κ3) is 5.02. The molecule has 6 nitrogen and oxygen atoms in total. The van der Waals surface area contributed by atoms with Crippen LogP contribution in [0.15, 0.2) is 61.1 Å². The molecule has 148 valence electrons. The van der Waals surface area contributed by atoms with Crippen LogP contribution in [0, 0.1) is 11.3 Å². The normalized spacial score (nSPS) is 11.7. The minimum Gasteiger partial charge on any atom is -0.354 e. The van der Waals surface area contributed by atoms with E-state index in [1.165, 1.54) is 5.56 Å². The highest BCUT2D eigenvalue weighted by molar-refractivity contribution is 5.94. The van der Waals surface area contributed by atoms with Crippen molar-refractivity contribution in [3.8, 4) is 6.07 Å². The lowest BCUT2D eigenvalue weighted by molar-refractivity contribution is -0.115. The number of imidazole rings is 1. The van der Waals surface area contributed by atoms with Crippen molar-refractivity contribution in [2.24, 2.45) is 0 Å². The lowest BCUT2D eigenvalue weighted by atomic mass is 10.0. The van der Waals surface area contributed by atoms with Crippen molar-refractivity contribution in [1.29, 1.82) is 5.26 Å². The third-order valence-corrected chi connectivity index (χ3v) is 4.90. The maximum atomic E-state index is 12.8. The second-order valence-electron chi connectivity index (χ2n) is 7.28. The molecular weight excluding hydrogens is 362 g/mol. The zero-order valence-corrected chi connectivity index (χ0v) is 16.9. The van der Waals surface area contributed by atoms with Crippen LogP contribution in [0.25, 0.3) is 0 Å². The molecule has 2 N–H and O–H groups in total. The summed E-state index contributed by atoms with van der Waals surface area (Å²) in [7, 11) is 0. The van der Waals surface area contributed by atoms with Crippen molar-refractivity contribution in [2.75, 3.05) is 16.8 Å². The van der Waals surface area contributed by atoms with Gasteiger partial charge in [0.05, 0.1) is 36.2 Å². The molecule has 6 heteroatoms. The van der Waals surface area contributed by atoms with Gasteiger partial charge in [-0.25, -0.2) is 4.98 Å². The third-order valence-electron chi connectivity index (χ3n) is 4.90. The Morgan fingerprint density at radius 2 is 1.97 bits per heavy atom. The Kier molecular flexibility index (Phi) is 6.30. The van der Waals surface area contributed by atoms with Crippen LogP contribution in [0.2, 0.25) is 0 Å². The number of nitriles is 1. The van der Waals surface area contributed by atoms with Crippen molar-refractivity contribution in [2.45, 2.75) is 32.7 Å². The summed E-state index contributed by atoms with van der Waals surface area (Å²) in [5, 5.41) is 12.2. The van der Waals surface area contributed by atoms with Crippen LogP contribution >= 0.6 is 0 Å². The first kappa shape index (κ1) is 20.2. The molecule has 1 unspecified atom stereocenters. The minimum absolute atomic E-state index is 0.132. The van der Waals surface area contributed by atoms with Gasteiger partial charge in [0.1, 0.15) is 0 Å². The molecule has 0 aliphatic rings. The van der Waals surface area contributed by atoms with E-state index in [0.717, 1.165) is 17.1 Å². The fourth-order valence-electron chi connectivity index (χ4n) is 3.17. The number of rotatable bonds is 7. The average molecular weight is 387 g/mol. The molecule has 0 aliphatic heterocycles. The Hall–Kier alpha value is -3.59. The van der Waals surface area contributed by atoms with Crippen LogP contribution in [0.3, 0.4) is 0 Å². The van der Waals surface area contributed by atoms with Crippen molar-refractivity contribution >= 4 is 17.3 Å². The highest BCUT2D eigenvalue weighted by Gasteiger charge is 2.21. The zero-order chi connectivity index (χ0) is 20.8. The molecular formula is C23H25N5O. The average Bonchev–Trinajstić information content (AvgIpc) is 3.27. The Bertz CT molecular complexity index is 987. The van der Waals surface area contributed by atoms with E-state index in [0.29, 0.717) is 11.5 Å². The number of nitrogens with one attached hydrogen (secondary N) is 2. The first-order chi connectivity index (χ1) is 14.0. The van der Waals surface area contributed by atoms with Crippen LogP contribution in [0.5, 0.6) is 0 Å². The number of anilines is 2. The van der Waals surface area contributed by atoms with E-state index in [4.69, 9.17) is 0 Å². The van der Waals surface area contributed by atoms with Gasteiger partial charge in [0.15, 0.2) is 0 Å². The standard InChI is InChI=1S/C23H25N5O/c1-16(2)19-7-9-20(10-8-19)27-23(29)14-28(17(3)22-13-25-15-26-22)21-6-4-5-18(11-21)12-24/h4-11,13,15-17H,14H2,1-3H3,(H,25,26)(H,27,29). The van der Waals surface area contributed by atoms with Gasteiger partial charge in [0, 0.05) is 17.6 Å². The molecule has 0 fully saturated rings. The first-order valence-corrected chi connectivity index (χ1v) is 9.63. The lowest BCUT2D eigenvalue weighted by Crippen LogP contribution is -2.35. The SMILES string of the molecule is CC(C)c1ccc(NC(=O)CN(c2cccc(C#N)c2)C(C)c2c[nH]cn2)cc1. The molecule has 1 aromatic heterocycles. The molecule has 0 saturated heterocycles. The largest absolute Gasteiger partial charge is 0.354 e. The number of aromatic amines is 1. The van der Waals surface area contributed by atoms with E-state index in [9.17, 15) is 10.1 Å². The lowest BCUT2D eigenvalue weighted by Gasteiger charge is -2.30. The van der Waals surface area contributed by atoms with E-state index in [1.54, 1.807) is 18.5 Å². The number of carbonyl (C=O) groups excluding carboxylic acids is 1. The van der Waals surface area contributed by atoms with E-state index in [1.807, 2.05) is 54.4 Å². The Balaban J connectivity index is 1.80. The molecule has 29 heavy (non-hydrogen) atoms. The number of nitrogens with zero attached hydrogens (tertiary/aromatic N) is 3. The highest BCUT2D eigenvalue weighted by Crippen LogP contribution is 2.26. The summed E-state index contributed by atoms with van der Waals surface area (Å²) in [6.07, 6.45) is 3.43. The predicted molar refractivity (Wildman–Crippen MR) is 115 cm³/mol. The van der Waals surface area contributed by atoms with Crippen LogP contribution in [-0.4, -0.2) is 22.4 Å². The summed E-state index contributed by atoms with van der Waals surface area (Å²) in [6, 6.07) is 17.2. The quantitative estimate of drug-likeness (QED) is 0.620. The van der Waals surface area contributed by atoms with Gasteiger partial charge in [-0.15, -0.1) is 0 Å². The number of hydrogen-bond donors (Lipinski definition) is 2. The highest BCUT2D eigenvalue weighted by atomic mass is 16.2. The number of amides is 1. The van der Waals surface area contributed by atoms with Gasteiger partial charge in [-0.3, -0.25) is 4.79 Å². The second kappa shape index (κ2) is 9.07. The van der Waals surface area contributed by atoms with Crippen molar-refractivity contribution < 1.29 is 4.79 Å². The summed E-state index contributed by atoms with van der Waals surface area (Å²) in [5.74, 6) is 0.310. The molecule has 0 spiro atoms. The fourth-order valence-corrected chi connectivity index (χ4v) is 3.17. The van der Waals surface area contributed by atoms with E-state index < -0.39 is 0 Å². The predicted octanol–water partition coefficient (Wildman–Crippen LogP) is 4.61. The van der Waals surface area contributed by atoms with Gasteiger partial charge < -0.3 is 15.2 Å². The molecule has 1 atom stereocenters. The maximum Gasteiger partial charge on any atom is 0.243 e. The van der Waals surface area contributed by atoms with Crippen LogP contribution in [0.1, 0.15) is 49.6 Å². The van der Waals surface area contributed by atoms with Crippen molar-refractivity contribution in [1.82, 2.24) is 9.97 Å². The van der Waals surface area contributed by atoms with E-state index in [2.05, 4.69) is 35.2 Å². The zero-order valence-electron chi connectivity index (χ0n) is 16.9. The van der Waals surface area contributed by atoms with Crippen LogP contribution in [-0.2, 0) is 4.79 Å².